The van der Waals surface area contributed by atoms with Crippen molar-refractivity contribution in [2.75, 3.05) is 5.75 Å². The van der Waals surface area contributed by atoms with Crippen LogP contribution in [0.1, 0.15) is 14.4 Å². The molecule has 0 aliphatic heterocycles. The van der Waals surface area contributed by atoms with Crippen molar-refractivity contribution in [1.29, 1.82) is 0 Å². The normalized spacial score (nSPS) is 6.00. The van der Waals surface area contributed by atoms with E-state index in [-0.39, 0.29) is 24.8 Å². The fraction of sp³-hybridized carbons (Fsp3) is 0.333. The quantitative estimate of drug-likeness (QED) is 0.490. The van der Waals surface area contributed by atoms with Gasteiger partial charge in [-0.25, -0.2) is 0 Å². The molecule has 0 aliphatic rings. The van der Waals surface area contributed by atoms with E-state index in [0.29, 0.717) is 0 Å². The predicted octanol–water partition coefficient (Wildman–Crippen LogP) is 3.06. The summed E-state index contributed by atoms with van der Waals surface area (Å²) in [5, 5.41) is 0. The van der Waals surface area contributed by atoms with Crippen molar-refractivity contribution in [2.24, 2.45) is 0 Å². The molecule has 0 fully saturated rings. The molecule has 1 rings (SSSR count). The Hall–Kier alpha value is 0.102. The number of hydrogen-bond acceptors (Lipinski definition) is 1. The van der Waals surface area contributed by atoms with E-state index < -0.39 is 0 Å². The van der Waals surface area contributed by atoms with Crippen LogP contribution in [0.4, 0.5) is 0 Å². The fourth-order valence-electron chi connectivity index (χ4n) is 0.342. The van der Waals surface area contributed by atoms with Crippen LogP contribution in [0.25, 0.3) is 0 Å². The largest absolute Gasteiger partial charge is 0.184 e. The fourth-order valence-corrected chi connectivity index (χ4v) is 0.342. The maximum Gasteiger partial charge on any atom is 0 e. The van der Waals surface area contributed by atoms with E-state index in [0.717, 1.165) is 5.75 Å². The van der Waals surface area contributed by atoms with Crippen molar-refractivity contribution in [3.05, 3.63) is 36.4 Å². The van der Waals surface area contributed by atoms with Gasteiger partial charge >= 0.3 is 0 Å². The van der Waals surface area contributed by atoms with E-state index in [9.17, 15) is 0 Å². The molecule has 11 heavy (non-hydrogen) atoms. The Balaban J connectivity index is -0.000000116. The van der Waals surface area contributed by atoms with Gasteiger partial charge in [0.15, 0.2) is 0 Å². The first-order valence-corrected chi connectivity index (χ1v) is 3.57. The first kappa shape index (κ1) is 17.3. The summed E-state index contributed by atoms with van der Waals surface area (Å²) in [6.45, 7) is 1.99. The van der Waals surface area contributed by atoms with Gasteiger partial charge in [-0.1, -0.05) is 14.4 Å². The number of benzene rings is 1. The minimum atomic E-state index is 0. The Labute approximate surface area is 86.6 Å². The van der Waals surface area contributed by atoms with E-state index in [4.69, 9.17) is 0 Å². The van der Waals surface area contributed by atoms with Gasteiger partial charge in [0.1, 0.15) is 0 Å². The van der Waals surface area contributed by atoms with Crippen molar-refractivity contribution in [1.82, 2.24) is 0 Å². The van der Waals surface area contributed by atoms with Gasteiger partial charge in [0.2, 0.25) is 0 Å². The summed E-state index contributed by atoms with van der Waals surface area (Å²) in [6, 6.07) is 12.5. The minimum absolute atomic E-state index is 0. The van der Waals surface area contributed by atoms with Gasteiger partial charge in [-0.3, -0.25) is 0 Å². The molecule has 1 aromatic carbocycles. The molecular weight excluding hydrogens is 192 g/mol. The maximum absolute atomic E-state index is 3.79. The zero-order valence-electron chi connectivity index (χ0n) is 5.95. The third-order valence-electron chi connectivity index (χ3n) is 0.607. The molecule has 0 atom stereocenters. The Morgan fingerprint density at radius 1 is 1.18 bits per heavy atom. The topological polar surface area (TPSA) is 0 Å². The molecular formula is C9H15CrS-. The Morgan fingerprint density at radius 2 is 1.55 bits per heavy atom. The van der Waals surface area contributed by atoms with Crippen LogP contribution >= 0.6 is 12.6 Å². The number of hydrogen-bond donors (Lipinski definition) is 1. The van der Waals surface area contributed by atoms with E-state index in [1.54, 1.807) is 0 Å². The smallest absolute Gasteiger partial charge is 0 e. The third kappa shape index (κ3) is 17.8. The van der Waals surface area contributed by atoms with Gasteiger partial charge in [-0.05, 0) is 5.75 Å². The number of rotatable bonds is 0. The Kier molecular flexibility index (Phi) is 26.0. The SMILES string of the molecule is C.CCS.[Cr].[c-]1ccccc1. The van der Waals surface area contributed by atoms with Gasteiger partial charge in [0, 0.05) is 17.4 Å². The molecule has 1 aromatic rings. The van der Waals surface area contributed by atoms with Crippen LogP contribution in [0.15, 0.2) is 30.3 Å². The average molecular weight is 207 g/mol. The molecule has 0 aromatic heterocycles. The van der Waals surface area contributed by atoms with Gasteiger partial charge in [0.05, 0.1) is 0 Å². The third-order valence-corrected chi connectivity index (χ3v) is 0.607. The first-order valence-electron chi connectivity index (χ1n) is 2.93. The average Bonchev–Trinajstić information content (AvgIpc) is 1.93. The van der Waals surface area contributed by atoms with Crippen molar-refractivity contribution in [2.45, 2.75) is 14.4 Å². The summed E-state index contributed by atoms with van der Waals surface area (Å²) in [6.07, 6.45) is 0. The Morgan fingerprint density at radius 3 is 1.64 bits per heavy atom. The van der Waals surface area contributed by atoms with E-state index in [2.05, 4.69) is 18.7 Å². The molecule has 0 heterocycles. The summed E-state index contributed by atoms with van der Waals surface area (Å²) in [5.74, 6) is 0.944. The molecule has 0 spiro atoms. The van der Waals surface area contributed by atoms with E-state index in [1.165, 1.54) is 0 Å². The van der Waals surface area contributed by atoms with Crippen LogP contribution in [-0.2, 0) is 17.4 Å². The second kappa shape index (κ2) is 16.6. The molecule has 0 nitrogen and oxygen atoms in total. The molecule has 2 heteroatoms. The first-order chi connectivity index (χ1) is 4.41. The monoisotopic (exact) mass is 207 g/mol. The maximum atomic E-state index is 3.79. The van der Waals surface area contributed by atoms with Gasteiger partial charge < -0.3 is 0 Å². The van der Waals surface area contributed by atoms with Crippen LogP contribution in [0, 0.1) is 6.07 Å². The molecule has 0 saturated carbocycles. The van der Waals surface area contributed by atoms with Gasteiger partial charge in [-0.15, -0.1) is 0 Å². The summed E-state index contributed by atoms with van der Waals surface area (Å²) in [5.41, 5.74) is 0. The standard InChI is InChI=1S/C6H5.C2H6S.CH4.Cr/c1-2-4-6-5-3-1;1-2-3;;/h1-5H;3H,2H2,1H3;1H4;/q-1;;;. The molecule has 0 N–H and O–H groups in total. The summed E-state index contributed by atoms with van der Waals surface area (Å²) in [7, 11) is 0. The second-order valence-electron chi connectivity index (χ2n) is 1.39. The minimum Gasteiger partial charge on any atom is -0.184 e. The molecule has 0 aliphatic carbocycles. The predicted molar refractivity (Wildman–Crippen MR) is 51.5 cm³/mol. The number of thiol groups is 1. The van der Waals surface area contributed by atoms with Gasteiger partial charge in [0.25, 0.3) is 0 Å². The zero-order valence-corrected chi connectivity index (χ0v) is 8.12. The molecule has 0 amide bonds. The van der Waals surface area contributed by atoms with Crippen molar-refractivity contribution >= 4 is 12.6 Å². The van der Waals surface area contributed by atoms with E-state index in [1.807, 2.05) is 37.3 Å². The van der Waals surface area contributed by atoms with Gasteiger partial charge in [-0.2, -0.15) is 49.0 Å². The van der Waals surface area contributed by atoms with Crippen molar-refractivity contribution in [3.8, 4) is 0 Å². The second-order valence-corrected chi connectivity index (χ2v) is 2.03. The molecule has 64 valence electrons. The Bertz CT molecular complexity index is 92.4. The van der Waals surface area contributed by atoms with Crippen LogP contribution < -0.4 is 0 Å². The van der Waals surface area contributed by atoms with Crippen LogP contribution in [0.2, 0.25) is 0 Å². The van der Waals surface area contributed by atoms with Crippen molar-refractivity contribution < 1.29 is 17.4 Å². The van der Waals surface area contributed by atoms with Crippen LogP contribution in [0.5, 0.6) is 0 Å². The summed E-state index contributed by atoms with van der Waals surface area (Å²) < 4.78 is 0. The van der Waals surface area contributed by atoms with E-state index >= 15 is 0 Å². The van der Waals surface area contributed by atoms with Crippen LogP contribution in [-0.4, -0.2) is 5.75 Å². The zero-order chi connectivity index (χ0) is 6.95. The summed E-state index contributed by atoms with van der Waals surface area (Å²) >= 11 is 3.79. The molecule has 0 saturated heterocycles. The molecule has 0 unspecified atom stereocenters. The molecule has 0 radical (unpaired) electrons. The summed E-state index contributed by atoms with van der Waals surface area (Å²) in [4.78, 5) is 0. The van der Waals surface area contributed by atoms with Crippen LogP contribution in [0.3, 0.4) is 0 Å². The molecule has 0 bridgehead atoms. The van der Waals surface area contributed by atoms with Crippen molar-refractivity contribution in [3.63, 3.8) is 0 Å².